The summed E-state index contributed by atoms with van der Waals surface area (Å²) in [6, 6.07) is 6.85. The van der Waals surface area contributed by atoms with Crippen LogP contribution in [0.4, 0.5) is 5.69 Å². The summed E-state index contributed by atoms with van der Waals surface area (Å²) in [7, 11) is -1.88. The van der Waals surface area contributed by atoms with Crippen LogP contribution in [0.2, 0.25) is 0 Å². The molecule has 0 spiro atoms. The lowest BCUT2D eigenvalue weighted by Crippen LogP contribution is -2.54. The molecule has 1 atom stereocenters. The molecule has 1 heterocycles. The van der Waals surface area contributed by atoms with Crippen molar-refractivity contribution in [2.75, 3.05) is 23.9 Å². The predicted molar refractivity (Wildman–Crippen MR) is 74.9 cm³/mol. The van der Waals surface area contributed by atoms with Gasteiger partial charge in [-0.1, -0.05) is 12.1 Å². The molecule has 1 aliphatic heterocycles. The van der Waals surface area contributed by atoms with Crippen LogP contribution in [0.1, 0.15) is 12.8 Å². The highest BCUT2D eigenvalue weighted by Crippen LogP contribution is 2.32. The first-order chi connectivity index (χ1) is 9.38. The van der Waals surface area contributed by atoms with Gasteiger partial charge in [-0.25, -0.2) is 13.2 Å². The molecule has 1 aromatic rings. The van der Waals surface area contributed by atoms with Crippen molar-refractivity contribution in [3.8, 4) is 5.75 Å². The zero-order valence-corrected chi connectivity index (χ0v) is 11.9. The van der Waals surface area contributed by atoms with Gasteiger partial charge in [0.2, 0.25) is 0 Å². The first-order valence-corrected chi connectivity index (χ1v) is 8.06. The molecule has 1 aliphatic rings. The van der Waals surface area contributed by atoms with E-state index in [1.54, 1.807) is 24.3 Å². The molecule has 0 amide bonds. The minimum absolute atomic E-state index is 0.0373. The molecule has 0 saturated carbocycles. The minimum atomic E-state index is -3.36. The van der Waals surface area contributed by atoms with Gasteiger partial charge in [-0.3, -0.25) is 0 Å². The Morgan fingerprint density at radius 1 is 1.40 bits per heavy atom. The van der Waals surface area contributed by atoms with E-state index in [-0.39, 0.29) is 12.2 Å². The number of carboxylic acid groups (broad SMARTS) is 1. The number of hydrogen-bond acceptors (Lipinski definition) is 5. The highest BCUT2D eigenvalue weighted by atomic mass is 32.2. The number of hydrogen-bond donors (Lipinski definition) is 2. The Morgan fingerprint density at radius 2 is 2.10 bits per heavy atom. The number of benzene rings is 1. The Bertz CT molecular complexity index is 613. The van der Waals surface area contributed by atoms with Crippen LogP contribution >= 0.6 is 0 Å². The lowest BCUT2D eigenvalue weighted by atomic mass is 9.95. The number of nitrogens with one attached hydrogen (secondary N) is 1. The summed E-state index contributed by atoms with van der Waals surface area (Å²) in [6.07, 6.45) is 0.594. The molecule has 7 heteroatoms. The standard InChI is InChI=1S/C13H17NO5S/c1-19-11-6-3-2-5-10(11)14-13(12(15)16)7-4-8-20(17,18)9-13/h2-3,5-6,14H,4,7-9H2,1H3,(H,15,16). The average Bonchev–Trinajstić information content (AvgIpc) is 2.38. The maximum atomic E-state index is 11.8. The topological polar surface area (TPSA) is 92.7 Å². The van der Waals surface area contributed by atoms with Gasteiger partial charge in [0.1, 0.15) is 11.3 Å². The second-order valence-corrected chi connectivity index (χ2v) is 7.09. The summed E-state index contributed by atoms with van der Waals surface area (Å²) >= 11 is 0. The first-order valence-electron chi connectivity index (χ1n) is 6.24. The van der Waals surface area contributed by atoms with Crippen LogP contribution in [0.15, 0.2) is 24.3 Å². The quantitative estimate of drug-likeness (QED) is 0.866. The summed E-state index contributed by atoms with van der Waals surface area (Å²) in [6.45, 7) is 0. The van der Waals surface area contributed by atoms with Gasteiger partial charge in [0.05, 0.1) is 24.3 Å². The monoisotopic (exact) mass is 299 g/mol. The highest BCUT2D eigenvalue weighted by Gasteiger charge is 2.45. The molecule has 0 aliphatic carbocycles. The SMILES string of the molecule is COc1ccccc1NC1(C(=O)O)CCCS(=O)(=O)C1. The Hall–Kier alpha value is -1.76. The van der Waals surface area contributed by atoms with Crippen molar-refractivity contribution in [1.82, 2.24) is 0 Å². The minimum Gasteiger partial charge on any atom is -0.495 e. The van der Waals surface area contributed by atoms with Crippen LogP contribution in [0, 0.1) is 0 Å². The van der Waals surface area contributed by atoms with E-state index in [1.165, 1.54) is 7.11 Å². The van der Waals surface area contributed by atoms with E-state index >= 15 is 0 Å². The zero-order chi connectivity index (χ0) is 14.8. The van der Waals surface area contributed by atoms with Crippen molar-refractivity contribution in [3.05, 3.63) is 24.3 Å². The van der Waals surface area contributed by atoms with Crippen LogP contribution in [-0.2, 0) is 14.6 Å². The Kier molecular flexibility index (Phi) is 3.89. The lowest BCUT2D eigenvalue weighted by Gasteiger charge is -2.34. The van der Waals surface area contributed by atoms with E-state index in [0.29, 0.717) is 17.9 Å². The van der Waals surface area contributed by atoms with Crippen LogP contribution in [0.5, 0.6) is 5.75 Å². The summed E-state index contributed by atoms with van der Waals surface area (Å²) < 4.78 is 28.7. The van der Waals surface area contributed by atoms with E-state index in [4.69, 9.17) is 4.74 Å². The fraction of sp³-hybridized carbons (Fsp3) is 0.462. The molecular weight excluding hydrogens is 282 g/mol. The van der Waals surface area contributed by atoms with E-state index < -0.39 is 27.1 Å². The first kappa shape index (κ1) is 14.6. The number of anilines is 1. The second-order valence-electron chi connectivity index (χ2n) is 4.91. The highest BCUT2D eigenvalue weighted by molar-refractivity contribution is 7.91. The number of ether oxygens (including phenoxy) is 1. The normalized spacial score (nSPS) is 24.9. The average molecular weight is 299 g/mol. The number of carboxylic acids is 1. The number of para-hydroxylation sites is 2. The van der Waals surface area contributed by atoms with Crippen LogP contribution in [0.25, 0.3) is 0 Å². The van der Waals surface area contributed by atoms with Crippen molar-refractivity contribution in [2.45, 2.75) is 18.4 Å². The van der Waals surface area contributed by atoms with Crippen LogP contribution in [-0.4, -0.2) is 43.6 Å². The molecule has 1 saturated heterocycles. The molecule has 110 valence electrons. The Morgan fingerprint density at radius 3 is 2.70 bits per heavy atom. The predicted octanol–water partition coefficient (Wildman–Crippen LogP) is 1.14. The number of rotatable bonds is 4. The van der Waals surface area contributed by atoms with Gasteiger partial charge >= 0.3 is 5.97 Å². The number of methoxy groups -OCH3 is 1. The Balaban J connectivity index is 2.37. The van der Waals surface area contributed by atoms with E-state index in [2.05, 4.69) is 5.32 Å². The summed E-state index contributed by atoms with van der Waals surface area (Å²) in [4.78, 5) is 11.6. The van der Waals surface area contributed by atoms with Crippen molar-refractivity contribution in [2.24, 2.45) is 0 Å². The van der Waals surface area contributed by atoms with Crippen molar-refractivity contribution >= 4 is 21.5 Å². The maximum absolute atomic E-state index is 11.8. The van der Waals surface area contributed by atoms with Gasteiger partial charge in [-0.2, -0.15) is 0 Å². The van der Waals surface area contributed by atoms with Crippen LogP contribution < -0.4 is 10.1 Å². The third-order valence-electron chi connectivity index (χ3n) is 3.42. The van der Waals surface area contributed by atoms with Crippen LogP contribution in [0.3, 0.4) is 0 Å². The molecular formula is C13H17NO5S. The molecule has 2 N–H and O–H groups in total. The van der Waals surface area contributed by atoms with Gasteiger partial charge in [0.15, 0.2) is 9.84 Å². The van der Waals surface area contributed by atoms with E-state index in [9.17, 15) is 18.3 Å². The van der Waals surface area contributed by atoms with E-state index in [0.717, 1.165) is 0 Å². The molecule has 6 nitrogen and oxygen atoms in total. The van der Waals surface area contributed by atoms with Crippen molar-refractivity contribution in [3.63, 3.8) is 0 Å². The fourth-order valence-corrected chi connectivity index (χ4v) is 4.26. The van der Waals surface area contributed by atoms with Gasteiger partial charge in [-0.15, -0.1) is 0 Å². The van der Waals surface area contributed by atoms with Gasteiger partial charge in [0.25, 0.3) is 0 Å². The summed E-state index contributed by atoms with van der Waals surface area (Å²) in [5.74, 6) is -1.05. The molecule has 0 aromatic heterocycles. The van der Waals surface area contributed by atoms with Crippen molar-refractivity contribution < 1.29 is 23.1 Å². The van der Waals surface area contributed by atoms with Crippen molar-refractivity contribution in [1.29, 1.82) is 0 Å². The summed E-state index contributed by atoms with van der Waals surface area (Å²) in [5.41, 5.74) is -1.01. The van der Waals surface area contributed by atoms with E-state index in [1.807, 2.05) is 0 Å². The molecule has 20 heavy (non-hydrogen) atoms. The number of carbonyl (C=O) groups is 1. The third kappa shape index (κ3) is 2.87. The number of sulfone groups is 1. The zero-order valence-electron chi connectivity index (χ0n) is 11.1. The van der Waals surface area contributed by atoms with Gasteiger partial charge < -0.3 is 15.2 Å². The molecule has 2 rings (SSSR count). The third-order valence-corrected chi connectivity index (χ3v) is 5.26. The molecule has 1 aromatic carbocycles. The molecule has 1 unspecified atom stereocenters. The summed E-state index contributed by atoms with van der Waals surface area (Å²) in [5, 5.41) is 12.3. The number of aliphatic carboxylic acids is 1. The molecule has 1 fully saturated rings. The smallest absolute Gasteiger partial charge is 0.330 e. The molecule has 0 radical (unpaired) electrons. The lowest BCUT2D eigenvalue weighted by molar-refractivity contribution is -0.141. The second kappa shape index (κ2) is 5.32. The van der Waals surface area contributed by atoms with Gasteiger partial charge in [0, 0.05) is 0 Å². The Labute approximate surface area is 117 Å². The largest absolute Gasteiger partial charge is 0.495 e. The maximum Gasteiger partial charge on any atom is 0.330 e. The fourth-order valence-electron chi connectivity index (χ4n) is 2.44. The molecule has 0 bridgehead atoms. The van der Waals surface area contributed by atoms with Gasteiger partial charge in [-0.05, 0) is 25.0 Å².